The van der Waals surface area contributed by atoms with Crippen molar-refractivity contribution in [3.8, 4) is 11.3 Å². The van der Waals surface area contributed by atoms with Crippen LogP contribution in [-0.4, -0.2) is 47.3 Å². The number of ether oxygens (including phenoxy) is 1. The van der Waals surface area contributed by atoms with Crippen LogP contribution in [0.25, 0.3) is 11.3 Å². The highest BCUT2D eigenvalue weighted by atomic mass is 19.1. The molecule has 2 aliphatic heterocycles. The zero-order valence-electron chi connectivity index (χ0n) is 17.4. The summed E-state index contributed by atoms with van der Waals surface area (Å²) >= 11 is 0. The lowest BCUT2D eigenvalue weighted by Crippen LogP contribution is -2.41. The largest absolute Gasteiger partial charge is 0.371 e. The standard InChI is InChI=1S/C23H24FN5O2/c1-27-22(30)13-20(18-7-8-25-14-19(18)24)26-23(27)29-11-12-31-21(15-29)16-3-5-17(6-4-16)28-9-2-10-28/h3-8,13-14,21H,2,9-12,15H2,1H3/t21-/m1/s1. The van der Waals surface area contributed by atoms with Gasteiger partial charge in [-0.2, -0.15) is 0 Å². The van der Waals surface area contributed by atoms with Crippen molar-refractivity contribution in [1.29, 1.82) is 0 Å². The van der Waals surface area contributed by atoms with E-state index in [1.165, 1.54) is 35.0 Å². The number of aromatic nitrogens is 3. The lowest BCUT2D eigenvalue weighted by Gasteiger charge is -2.35. The van der Waals surface area contributed by atoms with E-state index in [4.69, 9.17) is 4.74 Å². The molecule has 0 aliphatic carbocycles. The summed E-state index contributed by atoms with van der Waals surface area (Å²) in [5.41, 5.74) is 2.66. The van der Waals surface area contributed by atoms with Crippen molar-refractivity contribution >= 4 is 11.6 Å². The predicted molar refractivity (Wildman–Crippen MR) is 117 cm³/mol. The predicted octanol–water partition coefficient (Wildman–Crippen LogP) is 2.77. The normalized spacial score (nSPS) is 18.7. The third-order valence-corrected chi connectivity index (χ3v) is 6.00. The van der Waals surface area contributed by atoms with Gasteiger partial charge in [0.15, 0.2) is 5.82 Å². The van der Waals surface area contributed by atoms with Crippen molar-refractivity contribution in [2.24, 2.45) is 7.05 Å². The fourth-order valence-corrected chi connectivity index (χ4v) is 4.04. The van der Waals surface area contributed by atoms with Gasteiger partial charge in [0.1, 0.15) is 6.10 Å². The number of anilines is 2. The van der Waals surface area contributed by atoms with Crippen LogP contribution in [-0.2, 0) is 11.8 Å². The van der Waals surface area contributed by atoms with E-state index in [0.29, 0.717) is 31.3 Å². The summed E-state index contributed by atoms with van der Waals surface area (Å²) in [6.45, 7) is 3.90. The highest BCUT2D eigenvalue weighted by Crippen LogP contribution is 2.29. The summed E-state index contributed by atoms with van der Waals surface area (Å²) in [4.78, 5) is 25.4. The van der Waals surface area contributed by atoms with Gasteiger partial charge in [-0.15, -0.1) is 0 Å². The zero-order chi connectivity index (χ0) is 21.4. The number of nitrogens with zero attached hydrogens (tertiary/aromatic N) is 5. The first-order chi connectivity index (χ1) is 15.1. The van der Waals surface area contributed by atoms with Gasteiger partial charge in [-0.1, -0.05) is 12.1 Å². The summed E-state index contributed by atoms with van der Waals surface area (Å²) in [7, 11) is 1.68. The molecule has 160 valence electrons. The molecule has 31 heavy (non-hydrogen) atoms. The molecule has 0 radical (unpaired) electrons. The molecule has 0 spiro atoms. The Hall–Kier alpha value is -3.26. The molecule has 8 heteroatoms. The molecule has 2 aromatic heterocycles. The maximum absolute atomic E-state index is 14.2. The summed E-state index contributed by atoms with van der Waals surface area (Å²) in [6.07, 6.45) is 3.74. The highest BCUT2D eigenvalue weighted by Gasteiger charge is 2.26. The van der Waals surface area contributed by atoms with Gasteiger partial charge in [0.05, 0.1) is 25.0 Å². The SMILES string of the molecule is Cn1c(N2CCO[C@@H](c3ccc(N4CCC4)cc3)C2)nc(-c2ccncc2F)cc1=O. The summed E-state index contributed by atoms with van der Waals surface area (Å²) in [5, 5.41) is 0. The Morgan fingerprint density at radius 3 is 2.61 bits per heavy atom. The van der Waals surface area contributed by atoms with Gasteiger partial charge in [0.2, 0.25) is 5.95 Å². The number of hydrogen-bond donors (Lipinski definition) is 0. The molecule has 2 aliphatic rings. The number of hydrogen-bond acceptors (Lipinski definition) is 6. The minimum atomic E-state index is -0.503. The molecule has 0 N–H and O–H groups in total. The van der Waals surface area contributed by atoms with Crippen LogP contribution in [0.3, 0.4) is 0 Å². The number of morpholine rings is 1. The first-order valence-corrected chi connectivity index (χ1v) is 10.5. The quantitative estimate of drug-likeness (QED) is 0.646. The Kier molecular flexibility index (Phi) is 5.15. The van der Waals surface area contributed by atoms with Gasteiger partial charge in [-0.25, -0.2) is 9.37 Å². The first kappa shape index (κ1) is 19.7. The molecule has 2 fully saturated rings. The van der Waals surface area contributed by atoms with Crippen molar-refractivity contribution in [2.75, 3.05) is 42.6 Å². The van der Waals surface area contributed by atoms with Crippen LogP contribution in [0.1, 0.15) is 18.1 Å². The lowest BCUT2D eigenvalue weighted by atomic mass is 10.1. The van der Waals surface area contributed by atoms with Gasteiger partial charge in [-0.3, -0.25) is 14.3 Å². The molecule has 0 amide bonds. The summed E-state index contributed by atoms with van der Waals surface area (Å²) < 4.78 is 21.8. The first-order valence-electron chi connectivity index (χ1n) is 10.5. The lowest BCUT2D eigenvalue weighted by molar-refractivity contribution is 0.0390. The molecular weight excluding hydrogens is 397 g/mol. The maximum atomic E-state index is 14.2. The van der Waals surface area contributed by atoms with Gasteiger partial charge in [0.25, 0.3) is 5.56 Å². The van der Waals surface area contributed by atoms with E-state index in [0.717, 1.165) is 24.8 Å². The van der Waals surface area contributed by atoms with Crippen molar-refractivity contribution < 1.29 is 9.13 Å². The molecule has 7 nitrogen and oxygen atoms in total. The minimum absolute atomic E-state index is 0.127. The van der Waals surface area contributed by atoms with Crippen molar-refractivity contribution in [3.63, 3.8) is 0 Å². The van der Waals surface area contributed by atoms with E-state index in [1.807, 2.05) is 4.90 Å². The molecule has 4 heterocycles. The third-order valence-electron chi connectivity index (χ3n) is 6.00. The monoisotopic (exact) mass is 421 g/mol. The van der Waals surface area contributed by atoms with E-state index in [9.17, 15) is 9.18 Å². The highest BCUT2D eigenvalue weighted by molar-refractivity contribution is 5.60. The van der Waals surface area contributed by atoms with Crippen molar-refractivity contribution in [2.45, 2.75) is 12.5 Å². The molecule has 2 saturated heterocycles. The Morgan fingerprint density at radius 1 is 1.10 bits per heavy atom. The Bertz CT molecular complexity index is 1140. The molecule has 5 rings (SSSR count). The van der Waals surface area contributed by atoms with E-state index >= 15 is 0 Å². The second-order valence-electron chi connectivity index (χ2n) is 7.93. The van der Waals surface area contributed by atoms with Gasteiger partial charge < -0.3 is 14.5 Å². The average Bonchev–Trinajstić information content (AvgIpc) is 2.75. The topological polar surface area (TPSA) is 63.5 Å². The Morgan fingerprint density at radius 2 is 1.90 bits per heavy atom. The fraction of sp³-hybridized carbons (Fsp3) is 0.348. The summed E-state index contributed by atoms with van der Waals surface area (Å²) in [6, 6.07) is 11.4. The second-order valence-corrected chi connectivity index (χ2v) is 7.93. The molecular formula is C23H24FN5O2. The Balaban J connectivity index is 1.42. The average molecular weight is 421 g/mol. The molecule has 0 unspecified atom stereocenters. The molecule has 1 atom stereocenters. The number of benzene rings is 1. The van der Waals surface area contributed by atoms with Crippen LogP contribution in [0.15, 0.2) is 53.6 Å². The number of rotatable bonds is 4. The minimum Gasteiger partial charge on any atom is -0.371 e. The van der Waals surface area contributed by atoms with Gasteiger partial charge in [0, 0.05) is 50.2 Å². The van der Waals surface area contributed by atoms with E-state index in [1.54, 1.807) is 7.05 Å². The van der Waals surface area contributed by atoms with Crippen molar-refractivity contribution in [3.05, 3.63) is 70.5 Å². The molecule has 0 bridgehead atoms. The Labute approximate surface area is 179 Å². The van der Waals surface area contributed by atoms with Crippen LogP contribution in [0, 0.1) is 5.82 Å². The molecule has 0 saturated carbocycles. The van der Waals surface area contributed by atoms with E-state index in [2.05, 4.69) is 39.1 Å². The van der Waals surface area contributed by atoms with Crippen LogP contribution < -0.4 is 15.4 Å². The van der Waals surface area contributed by atoms with Crippen LogP contribution in [0.2, 0.25) is 0 Å². The smallest absolute Gasteiger partial charge is 0.255 e. The fourth-order valence-electron chi connectivity index (χ4n) is 4.04. The van der Waals surface area contributed by atoms with Crippen LogP contribution in [0.4, 0.5) is 16.0 Å². The van der Waals surface area contributed by atoms with E-state index in [-0.39, 0.29) is 17.2 Å². The van der Waals surface area contributed by atoms with Crippen LogP contribution in [0.5, 0.6) is 0 Å². The van der Waals surface area contributed by atoms with Gasteiger partial charge in [-0.05, 0) is 30.2 Å². The third kappa shape index (κ3) is 3.79. The van der Waals surface area contributed by atoms with E-state index < -0.39 is 5.82 Å². The second kappa shape index (κ2) is 8.11. The van der Waals surface area contributed by atoms with Crippen LogP contribution >= 0.6 is 0 Å². The van der Waals surface area contributed by atoms with Gasteiger partial charge >= 0.3 is 0 Å². The van der Waals surface area contributed by atoms with Crippen molar-refractivity contribution in [1.82, 2.24) is 14.5 Å². The molecule has 1 aromatic carbocycles. The number of halogens is 1. The zero-order valence-corrected chi connectivity index (χ0v) is 17.4. The molecule has 3 aromatic rings. The summed E-state index contributed by atoms with van der Waals surface area (Å²) in [5.74, 6) is 0.000519. The maximum Gasteiger partial charge on any atom is 0.255 e. The number of pyridine rings is 1.